The molecule has 0 amide bonds. The van der Waals surface area contributed by atoms with Crippen molar-refractivity contribution in [1.82, 2.24) is 4.98 Å². The molecule has 1 aromatic heterocycles. The summed E-state index contributed by atoms with van der Waals surface area (Å²) in [6, 6.07) is 3.79. The van der Waals surface area contributed by atoms with E-state index in [1.54, 1.807) is 0 Å². The van der Waals surface area contributed by atoms with E-state index in [1.807, 2.05) is 19.1 Å². The minimum Gasteiger partial charge on any atom is -0.389 e. The van der Waals surface area contributed by atoms with Crippen molar-refractivity contribution in [1.29, 1.82) is 0 Å². The first-order valence-electron chi connectivity index (χ1n) is 5.41. The highest BCUT2D eigenvalue weighted by Gasteiger charge is 2.15. The summed E-state index contributed by atoms with van der Waals surface area (Å²) < 4.78 is 0. The van der Waals surface area contributed by atoms with Gasteiger partial charge in [-0.3, -0.25) is 0 Å². The van der Waals surface area contributed by atoms with E-state index in [0.717, 1.165) is 23.5 Å². The molecule has 0 bridgehead atoms. The first kappa shape index (κ1) is 12.9. The van der Waals surface area contributed by atoms with Gasteiger partial charge in [-0.15, -0.1) is 0 Å². The van der Waals surface area contributed by atoms with E-state index in [9.17, 15) is 0 Å². The van der Waals surface area contributed by atoms with Crippen molar-refractivity contribution in [2.45, 2.75) is 39.7 Å². The summed E-state index contributed by atoms with van der Waals surface area (Å²) in [5.41, 5.74) is 7.42. The number of hydrogen-bond donors (Lipinski definition) is 2. The van der Waals surface area contributed by atoms with E-state index in [0.29, 0.717) is 4.99 Å². The zero-order chi connectivity index (χ0) is 12.3. The molecule has 0 saturated heterocycles. The third-order valence-corrected chi connectivity index (χ3v) is 2.82. The van der Waals surface area contributed by atoms with Gasteiger partial charge < -0.3 is 11.1 Å². The molecule has 0 spiro atoms. The summed E-state index contributed by atoms with van der Waals surface area (Å²) in [6.45, 7) is 8.35. The number of hydrogen-bond acceptors (Lipinski definition) is 3. The van der Waals surface area contributed by atoms with Crippen molar-refractivity contribution in [2.75, 3.05) is 5.32 Å². The number of pyridine rings is 1. The van der Waals surface area contributed by atoms with Gasteiger partial charge in [0.2, 0.25) is 0 Å². The van der Waals surface area contributed by atoms with Crippen molar-refractivity contribution in [3.05, 3.63) is 23.4 Å². The molecule has 0 fully saturated rings. The second-order valence-electron chi connectivity index (χ2n) is 4.61. The summed E-state index contributed by atoms with van der Waals surface area (Å²) >= 11 is 4.97. The second-order valence-corrected chi connectivity index (χ2v) is 5.05. The van der Waals surface area contributed by atoms with Crippen molar-refractivity contribution < 1.29 is 0 Å². The van der Waals surface area contributed by atoms with E-state index in [-0.39, 0.29) is 5.54 Å². The Morgan fingerprint density at radius 3 is 2.62 bits per heavy atom. The Morgan fingerprint density at radius 1 is 1.50 bits per heavy atom. The number of nitrogens with one attached hydrogen (secondary N) is 1. The Kier molecular flexibility index (Phi) is 3.86. The lowest BCUT2D eigenvalue weighted by Gasteiger charge is -2.25. The van der Waals surface area contributed by atoms with Crippen LogP contribution in [0.1, 0.15) is 38.4 Å². The average Bonchev–Trinajstić information content (AvgIpc) is 2.16. The first-order valence-corrected chi connectivity index (χ1v) is 5.81. The van der Waals surface area contributed by atoms with E-state index < -0.39 is 0 Å². The smallest absolute Gasteiger partial charge is 0.127 e. The Bertz CT molecular complexity index is 399. The molecule has 1 rings (SSSR count). The van der Waals surface area contributed by atoms with Crippen LogP contribution in [0.15, 0.2) is 12.1 Å². The number of nitrogens with two attached hydrogens (primary N) is 1. The molecule has 0 aliphatic carbocycles. The van der Waals surface area contributed by atoms with Crippen LogP contribution < -0.4 is 11.1 Å². The molecule has 3 nitrogen and oxygen atoms in total. The Labute approximate surface area is 102 Å². The Morgan fingerprint density at radius 2 is 2.12 bits per heavy atom. The zero-order valence-corrected chi connectivity index (χ0v) is 11.1. The molecule has 0 unspecified atom stereocenters. The van der Waals surface area contributed by atoms with E-state index in [2.05, 4.69) is 31.1 Å². The van der Waals surface area contributed by atoms with E-state index >= 15 is 0 Å². The minimum atomic E-state index is 0.0221. The summed E-state index contributed by atoms with van der Waals surface area (Å²) in [5.74, 6) is 0.828. The molecule has 3 N–H and O–H groups in total. The van der Waals surface area contributed by atoms with Gasteiger partial charge in [0.15, 0.2) is 0 Å². The van der Waals surface area contributed by atoms with Crippen LogP contribution in [0.4, 0.5) is 5.82 Å². The Hall–Kier alpha value is -1.16. The number of nitrogens with zero attached hydrogens (tertiary/aromatic N) is 1. The number of aryl methyl sites for hydroxylation is 1. The SMILES string of the molecule is CCC(C)(C)Nc1cc(C(N)=S)cc(C)n1. The molecule has 0 saturated carbocycles. The molecular weight excluding hydrogens is 218 g/mol. The zero-order valence-electron chi connectivity index (χ0n) is 10.3. The minimum absolute atomic E-state index is 0.0221. The van der Waals surface area contributed by atoms with Crippen molar-refractivity contribution in [3.8, 4) is 0 Å². The normalized spacial score (nSPS) is 11.2. The fourth-order valence-electron chi connectivity index (χ4n) is 1.31. The van der Waals surface area contributed by atoms with Gasteiger partial charge in [0.05, 0.1) is 0 Å². The predicted molar refractivity (Wildman–Crippen MR) is 72.9 cm³/mol. The number of rotatable bonds is 4. The van der Waals surface area contributed by atoms with Crippen LogP contribution in [0.3, 0.4) is 0 Å². The monoisotopic (exact) mass is 237 g/mol. The maximum Gasteiger partial charge on any atom is 0.127 e. The topological polar surface area (TPSA) is 50.9 Å². The lowest BCUT2D eigenvalue weighted by molar-refractivity contribution is 0.545. The van der Waals surface area contributed by atoms with Crippen LogP contribution in [0, 0.1) is 6.92 Å². The van der Waals surface area contributed by atoms with E-state index in [1.165, 1.54) is 0 Å². The van der Waals surface area contributed by atoms with Crippen molar-refractivity contribution in [3.63, 3.8) is 0 Å². The number of thiocarbonyl (C=S) groups is 1. The summed E-state index contributed by atoms with van der Waals surface area (Å²) in [6.07, 6.45) is 1.02. The van der Waals surface area contributed by atoms with Crippen LogP contribution in [0.25, 0.3) is 0 Å². The highest BCUT2D eigenvalue weighted by atomic mass is 32.1. The van der Waals surface area contributed by atoms with Gasteiger partial charge in [0.25, 0.3) is 0 Å². The number of anilines is 1. The molecule has 0 aliphatic heterocycles. The maximum atomic E-state index is 5.62. The van der Waals surface area contributed by atoms with Gasteiger partial charge in [0, 0.05) is 16.8 Å². The average molecular weight is 237 g/mol. The highest BCUT2D eigenvalue weighted by molar-refractivity contribution is 7.80. The fraction of sp³-hybridized carbons (Fsp3) is 0.500. The van der Waals surface area contributed by atoms with Crippen LogP contribution >= 0.6 is 12.2 Å². The molecule has 88 valence electrons. The maximum absolute atomic E-state index is 5.62. The molecule has 4 heteroatoms. The third kappa shape index (κ3) is 3.45. The predicted octanol–water partition coefficient (Wildman–Crippen LogP) is 2.62. The summed E-state index contributed by atoms with van der Waals surface area (Å²) in [5, 5.41) is 3.38. The van der Waals surface area contributed by atoms with Crippen LogP contribution in [0.5, 0.6) is 0 Å². The van der Waals surface area contributed by atoms with Gasteiger partial charge in [0.1, 0.15) is 10.8 Å². The number of aromatic nitrogens is 1. The van der Waals surface area contributed by atoms with Crippen LogP contribution in [0.2, 0.25) is 0 Å². The van der Waals surface area contributed by atoms with Gasteiger partial charge in [-0.05, 0) is 39.3 Å². The van der Waals surface area contributed by atoms with Crippen LogP contribution in [-0.4, -0.2) is 15.5 Å². The second kappa shape index (κ2) is 4.78. The van der Waals surface area contributed by atoms with Crippen molar-refractivity contribution >= 4 is 23.0 Å². The standard InChI is InChI=1S/C12H19N3S/c1-5-12(3,4)15-10-7-9(11(13)16)6-8(2)14-10/h6-7H,5H2,1-4H3,(H2,13,16)(H,14,15). The van der Waals surface area contributed by atoms with Gasteiger partial charge in [-0.25, -0.2) is 4.98 Å². The largest absolute Gasteiger partial charge is 0.389 e. The molecule has 0 atom stereocenters. The molecule has 0 aromatic carbocycles. The first-order chi connectivity index (χ1) is 7.34. The van der Waals surface area contributed by atoms with Crippen LogP contribution in [-0.2, 0) is 0 Å². The molecule has 0 aliphatic rings. The molecular formula is C12H19N3S. The summed E-state index contributed by atoms with van der Waals surface area (Å²) in [4.78, 5) is 4.83. The third-order valence-electron chi connectivity index (χ3n) is 2.59. The van der Waals surface area contributed by atoms with Crippen molar-refractivity contribution in [2.24, 2.45) is 5.73 Å². The van der Waals surface area contributed by atoms with E-state index in [4.69, 9.17) is 18.0 Å². The molecule has 16 heavy (non-hydrogen) atoms. The van der Waals surface area contributed by atoms with Gasteiger partial charge in [-0.1, -0.05) is 19.1 Å². The molecule has 1 heterocycles. The fourth-order valence-corrected chi connectivity index (χ4v) is 1.43. The lowest BCUT2D eigenvalue weighted by Crippen LogP contribution is -2.30. The van der Waals surface area contributed by atoms with Gasteiger partial charge in [-0.2, -0.15) is 0 Å². The Balaban J connectivity index is 3.01. The quantitative estimate of drug-likeness (QED) is 0.790. The lowest BCUT2D eigenvalue weighted by atomic mass is 10.0. The molecule has 0 radical (unpaired) electrons. The molecule has 1 aromatic rings. The van der Waals surface area contributed by atoms with Gasteiger partial charge >= 0.3 is 0 Å². The highest BCUT2D eigenvalue weighted by Crippen LogP contribution is 2.17. The summed E-state index contributed by atoms with van der Waals surface area (Å²) in [7, 11) is 0.